The standard InChI is InChI=1S/C29H32FNO4/c1-18-9-10-21(15-24(18)29(32)34-4)25-17-22(35-27-8-6-5-7-23(25)27)13-14-31-19(2)20-11-12-26(30)28(16-20)33-3/h5-12,15-16,19,22,25,31H,13-14,17H2,1-4H3/t19-,22-,25-/m1/s1. The highest BCUT2D eigenvalue weighted by atomic mass is 19.1. The van der Waals surface area contributed by atoms with E-state index in [2.05, 4.69) is 17.4 Å². The van der Waals surface area contributed by atoms with E-state index >= 15 is 0 Å². The van der Waals surface area contributed by atoms with Crippen LogP contribution in [0.1, 0.15) is 64.3 Å². The summed E-state index contributed by atoms with van der Waals surface area (Å²) in [4.78, 5) is 12.3. The van der Waals surface area contributed by atoms with E-state index < -0.39 is 0 Å². The average molecular weight is 478 g/mol. The predicted octanol–water partition coefficient (Wildman–Crippen LogP) is 5.95. The molecule has 5 nitrogen and oxygen atoms in total. The number of rotatable bonds is 8. The fraction of sp³-hybridized carbons (Fsp3) is 0.345. The van der Waals surface area contributed by atoms with E-state index in [9.17, 15) is 9.18 Å². The Kier molecular flexibility index (Phi) is 7.71. The Balaban J connectivity index is 1.48. The molecule has 4 rings (SSSR count). The van der Waals surface area contributed by atoms with Gasteiger partial charge < -0.3 is 19.5 Å². The van der Waals surface area contributed by atoms with Crippen molar-refractivity contribution in [3.05, 3.63) is 94.3 Å². The van der Waals surface area contributed by atoms with Crippen LogP contribution in [0.15, 0.2) is 60.7 Å². The Labute approximate surface area is 206 Å². The van der Waals surface area contributed by atoms with Crippen molar-refractivity contribution in [1.29, 1.82) is 0 Å². The molecule has 3 atom stereocenters. The minimum absolute atomic E-state index is 0.0141. The SMILES string of the molecule is COC(=O)c1cc([C@H]2C[C@@H](CCN[C@H](C)c3ccc(F)c(OC)c3)Oc3ccccc32)ccc1C. The van der Waals surface area contributed by atoms with E-state index in [-0.39, 0.29) is 35.6 Å². The molecular formula is C29H32FNO4. The molecule has 0 saturated carbocycles. The number of halogens is 1. The Bertz CT molecular complexity index is 1200. The van der Waals surface area contributed by atoms with Crippen molar-refractivity contribution in [3.63, 3.8) is 0 Å². The summed E-state index contributed by atoms with van der Waals surface area (Å²) in [5.74, 6) is 0.556. The highest BCUT2D eigenvalue weighted by molar-refractivity contribution is 5.91. The van der Waals surface area contributed by atoms with Crippen molar-refractivity contribution in [2.75, 3.05) is 20.8 Å². The third-order valence-corrected chi connectivity index (χ3v) is 6.75. The fourth-order valence-electron chi connectivity index (χ4n) is 4.70. The molecule has 0 bridgehead atoms. The van der Waals surface area contributed by atoms with Gasteiger partial charge in [-0.1, -0.05) is 36.4 Å². The van der Waals surface area contributed by atoms with Gasteiger partial charge >= 0.3 is 5.97 Å². The molecule has 0 radical (unpaired) electrons. The number of hydrogen-bond acceptors (Lipinski definition) is 5. The Hall–Kier alpha value is -3.38. The summed E-state index contributed by atoms with van der Waals surface area (Å²) >= 11 is 0. The second-order valence-corrected chi connectivity index (χ2v) is 8.99. The summed E-state index contributed by atoms with van der Waals surface area (Å²) in [5, 5.41) is 3.52. The molecule has 0 fully saturated rings. The number of esters is 1. The maximum absolute atomic E-state index is 13.8. The van der Waals surface area contributed by atoms with Crippen LogP contribution < -0.4 is 14.8 Å². The summed E-state index contributed by atoms with van der Waals surface area (Å²) in [6.45, 7) is 4.70. The first kappa shape index (κ1) is 24.7. The first-order chi connectivity index (χ1) is 16.9. The van der Waals surface area contributed by atoms with E-state index in [1.54, 1.807) is 12.1 Å². The molecule has 0 amide bonds. The maximum Gasteiger partial charge on any atom is 0.338 e. The average Bonchev–Trinajstić information content (AvgIpc) is 2.88. The molecule has 184 valence electrons. The van der Waals surface area contributed by atoms with Gasteiger partial charge in [-0.05, 0) is 74.2 Å². The lowest BCUT2D eigenvalue weighted by molar-refractivity contribution is 0.0599. The van der Waals surface area contributed by atoms with E-state index in [0.717, 1.165) is 47.4 Å². The van der Waals surface area contributed by atoms with Crippen molar-refractivity contribution in [3.8, 4) is 11.5 Å². The van der Waals surface area contributed by atoms with Crippen LogP contribution in [0.4, 0.5) is 4.39 Å². The number of ether oxygens (including phenoxy) is 3. The van der Waals surface area contributed by atoms with E-state index in [0.29, 0.717) is 5.56 Å². The number of hydrogen-bond donors (Lipinski definition) is 1. The van der Waals surface area contributed by atoms with Crippen molar-refractivity contribution < 1.29 is 23.4 Å². The topological polar surface area (TPSA) is 56.8 Å². The number of methoxy groups -OCH3 is 2. The predicted molar refractivity (Wildman–Crippen MR) is 134 cm³/mol. The van der Waals surface area contributed by atoms with Crippen molar-refractivity contribution in [1.82, 2.24) is 5.32 Å². The van der Waals surface area contributed by atoms with E-state index in [1.165, 1.54) is 20.3 Å². The van der Waals surface area contributed by atoms with Crippen LogP contribution in [0.3, 0.4) is 0 Å². The van der Waals surface area contributed by atoms with Crippen LogP contribution in [0.2, 0.25) is 0 Å². The lowest BCUT2D eigenvalue weighted by atomic mass is 9.82. The van der Waals surface area contributed by atoms with E-state index in [4.69, 9.17) is 14.2 Å². The van der Waals surface area contributed by atoms with Crippen LogP contribution in [-0.2, 0) is 4.74 Å². The molecule has 6 heteroatoms. The zero-order valence-corrected chi connectivity index (χ0v) is 20.6. The van der Waals surface area contributed by atoms with Crippen LogP contribution in [0.5, 0.6) is 11.5 Å². The van der Waals surface area contributed by atoms with E-state index in [1.807, 2.05) is 44.2 Å². The molecule has 35 heavy (non-hydrogen) atoms. The van der Waals surface area contributed by atoms with Gasteiger partial charge in [0.2, 0.25) is 0 Å². The number of carbonyl (C=O) groups excluding carboxylic acids is 1. The number of carbonyl (C=O) groups is 1. The molecule has 0 spiro atoms. The van der Waals surface area contributed by atoms with Crippen molar-refractivity contribution in [2.45, 2.75) is 44.8 Å². The van der Waals surface area contributed by atoms with Gasteiger partial charge in [0.05, 0.1) is 19.8 Å². The lowest BCUT2D eigenvalue weighted by Crippen LogP contribution is -2.31. The number of aryl methyl sites for hydroxylation is 1. The molecule has 1 aliphatic heterocycles. The summed E-state index contributed by atoms with van der Waals surface area (Å²) in [6, 6.07) is 19.1. The Morgan fingerprint density at radius 3 is 2.71 bits per heavy atom. The van der Waals surface area contributed by atoms with Gasteiger partial charge in [-0.2, -0.15) is 0 Å². The molecule has 0 unspecified atom stereocenters. The van der Waals surface area contributed by atoms with Crippen LogP contribution in [0.25, 0.3) is 0 Å². The summed E-state index contributed by atoms with van der Waals surface area (Å²) in [5.41, 5.74) is 4.66. The van der Waals surface area contributed by atoms with Gasteiger partial charge in [-0.25, -0.2) is 9.18 Å². The van der Waals surface area contributed by atoms with Crippen LogP contribution >= 0.6 is 0 Å². The third-order valence-electron chi connectivity index (χ3n) is 6.75. The molecule has 0 aromatic heterocycles. The minimum atomic E-state index is -0.366. The Morgan fingerprint density at radius 1 is 1.14 bits per heavy atom. The van der Waals surface area contributed by atoms with Crippen molar-refractivity contribution >= 4 is 5.97 Å². The molecule has 1 N–H and O–H groups in total. The fourth-order valence-corrected chi connectivity index (χ4v) is 4.70. The molecule has 1 heterocycles. The third kappa shape index (κ3) is 5.49. The minimum Gasteiger partial charge on any atom is -0.494 e. The molecule has 0 aliphatic carbocycles. The smallest absolute Gasteiger partial charge is 0.338 e. The molecule has 3 aromatic rings. The van der Waals surface area contributed by atoms with Crippen LogP contribution in [-0.4, -0.2) is 32.8 Å². The van der Waals surface area contributed by atoms with Gasteiger partial charge in [0.25, 0.3) is 0 Å². The molecule has 0 saturated heterocycles. The van der Waals surface area contributed by atoms with Gasteiger partial charge in [-0.3, -0.25) is 0 Å². The molecule has 1 aliphatic rings. The second kappa shape index (κ2) is 10.9. The number of benzene rings is 3. The normalized spacial score (nSPS) is 17.7. The van der Waals surface area contributed by atoms with Gasteiger partial charge in [-0.15, -0.1) is 0 Å². The highest BCUT2D eigenvalue weighted by Gasteiger charge is 2.30. The number of nitrogens with one attached hydrogen (secondary N) is 1. The quantitative estimate of drug-likeness (QED) is 0.406. The molecular weight excluding hydrogens is 445 g/mol. The first-order valence-corrected chi connectivity index (χ1v) is 11.9. The second-order valence-electron chi connectivity index (χ2n) is 8.99. The zero-order chi connectivity index (χ0) is 24.9. The number of fused-ring (bicyclic) bond motifs is 1. The van der Waals surface area contributed by atoms with Crippen molar-refractivity contribution in [2.24, 2.45) is 0 Å². The van der Waals surface area contributed by atoms with Gasteiger partial charge in [0, 0.05) is 17.5 Å². The lowest BCUT2D eigenvalue weighted by Gasteiger charge is -2.33. The van der Waals surface area contributed by atoms with Gasteiger partial charge in [0.15, 0.2) is 11.6 Å². The van der Waals surface area contributed by atoms with Gasteiger partial charge in [0.1, 0.15) is 11.9 Å². The van der Waals surface area contributed by atoms with Crippen LogP contribution in [0, 0.1) is 12.7 Å². The zero-order valence-electron chi connectivity index (χ0n) is 20.6. The summed E-state index contributed by atoms with van der Waals surface area (Å²) in [6.07, 6.45) is 1.63. The first-order valence-electron chi connectivity index (χ1n) is 11.9. The largest absolute Gasteiger partial charge is 0.494 e. The maximum atomic E-state index is 13.8. The number of para-hydroxylation sites is 1. The highest BCUT2D eigenvalue weighted by Crippen LogP contribution is 2.41. The molecule has 3 aromatic carbocycles. The monoisotopic (exact) mass is 477 g/mol. The Morgan fingerprint density at radius 2 is 1.94 bits per heavy atom. The summed E-state index contributed by atoms with van der Waals surface area (Å²) in [7, 11) is 2.88. The summed E-state index contributed by atoms with van der Waals surface area (Å²) < 4.78 is 30.2.